The van der Waals surface area contributed by atoms with Crippen LogP contribution in [0.1, 0.15) is 24.8 Å². The van der Waals surface area contributed by atoms with Crippen LogP contribution in [0.3, 0.4) is 0 Å². The Morgan fingerprint density at radius 1 is 1.38 bits per heavy atom. The molecule has 0 radical (unpaired) electrons. The van der Waals surface area contributed by atoms with Crippen LogP contribution in [-0.2, 0) is 16.1 Å². The SMILES string of the molecule is C=CC(=O)N1CCC(CCOCc2ccccc2F)CC1. The lowest BCUT2D eigenvalue weighted by Gasteiger charge is -2.31. The molecule has 0 spiro atoms. The molecule has 1 saturated heterocycles. The van der Waals surface area contributed by atoms with Gasteiger partial charge in [0.05, 0.1) is 6.61 Å². The monoisotopic (exact) mass is 291 g/mol. The minimum Gasteiger partial charge on any atom is -0.377 e. The van der Waals surface area contributed by atoms with Crippen molar-refractivity contribution in [3.05, 3.63) is 48.3 Å². The van der Waals surface area contributed by atoms with Crippen LogP contribution in [0.15, 0.2) is 36.9 Å². The summed E-state index contributed by atoms with van der Waals surface area (Å²) < 4.78 is 19.0. The molecule has 1 aliphatic rings. The van der Waals surface area contributed by atoms with Gasteiger partial charge in [-0.05, 0) is 37.3 Å². The van der Waals surface area contributed by atoms with Gasteiger partial charge < -0.3 is 9.64 Å². The maximum Gasteiger partial charge on any atom is 0.245 e. The first-order valence-corrected chi connectivity index (χ1v) is 7.43. The second-order valence-electron chi connectivity index (χ2n) is 5.41. The number of benzene rings is 1. The molecule has 1 amide bonds. The number of halogens is 1. The van der Waals surface area contributed by atoms with Gasteiger partial charge in [0.2, 0.25) is 5.91 Å². The number of rotatable bonds is 6. The van der Waals surface area contributed by atoms with E-state index in [-0.39, 0.29) is 11.7 Å². The predicted molar refractivity (Wildman–Crippen MR) is 80.2 cm³/mol. The molecule has 4 heteroatoms. The van der Waals surface area contributed by atoms with Crippen molar-refractivity contribution >= 4 is 5.91 Å². The average molecular weight is 291 g/mol. The highest BCUT2D eigenvalue weighted by molar-refractivity contribution is 5.87. The Kier molecular flexibility index (Phi) is 5.93. The van der Waals surface area contributed by atoms with E-state index < -0.39 is 0 Å². The fourth-order valence-electron chi connectivity index (χ4n) is 2.62. The van der Waals surface area contributed by atoms with E-state index in [4.69, 9.17) is 4.74 Å². The summed E-state index contributed by atoms with van der Waals surface area (Å²) in [5.74, 6) is 0.387. The Labute approximate surface area is 125 Å². The summed E-state index contributed by atoms with van der Waals surface area (Å²) in [6, 6.07) is 6.69. The molecule has 0 N–H and O–H groups in total. The van der Waals surface area contributed by atoms with E-state index in [9.17, 15) is 9.18 Å². The number of ether oxygens (including phenoxy) is 1. The third-order valence-corrected chi connectivity index (χ3v) is 3.99. The van der Waals surface area contributed by atoms with E-state index in [0.717, 1.165) is 32.4 Å². The smallest absolute Gasteiger partial charge is 0.245 e. The van der Waals surface area contributed by atoms with E-state index in [1.54, 1.807) is 12.1 Å². The Bertz CT molecular complexity index is 481. The Balaban J connectivity index is 1.63. The van der Waals surface area contributed by atoms with Crippen molar-refractivity contribution in [1.82, 2.24) is 4.90 Å². The van der Waals surface area contributed by atoms with Crippen molar-refractivity contribution in [2.24, 2.45) is 5.92 Å². The summed E-state index contributed by atoms with van der Waals surface area (Å²) in [5.41, 5.74) is 0.601. The van der Waals surface area contributed by atoms with E-state index >= 15 is 0 Å². The van der Waals surface area contributed by atoms with Crippen LogP contribution >= 0.6 is 0 Å². The van der Waals surface area contributed by atoms with Crippen molar-refractivity contribution in [1.29, 1.82) is 0 Å². The van der Waals surface area contributed by atoms with Crippen molar-refractivity contribution in [3.63, 3.8) is 0 Å². The Morgan fingerprint density at radius 3 is 2.76 bits per heavy atom. The van der Waals surface area contributed by atoms with Crippen LogP contribution in [0.2, 0.25) is 0 Å². The highest BCUT2D eigenvalue weighted by atomic mass is 19.1. The van der Waals surface area contributed by atoms with Crippen molar-refractivity contribution < 1.29 is 13.9 Å². The molecule has 1 heterocycles. The first-order chi connectivity index (χ1) is 10.2. The molecule has 0 bridgehead atoms. The van der Waals surface area contributed by atoms with Crippen molar-refractivity contribution in [2.45, 2.75) is 25.9 Å². The number of likely N-dealkylation sites (tertiary alicyclic amines) is 1. The molecule has 0 saturated carbocycles. The highest BCUT2D eigenvalue weighted by Gasteiger charge is 2.20. The zero-order valence-electron chi connectivity index (χ0n) is 12.3. The van der Waals surface area contributed by atoms with Gasteiger partial charge in [-0.2, -0.15) is 0 Å². The zero-order valence-corrected chi connectivity index (χ0v) is 12.3. The third-order valence-electron chi connectivity index (χ3n) is 3.99. The highest BCUT2D eigenvalue weighted by Crippen LogP contribution is 2.21. The van der Waals surface area contributed by atoms with E-state index in [2.05, 4.69) is 6.58 Å². The second kappa shape index (κ2) is 7.93. The van der Waals surface area contributed by atoms with Gasteiger partial charge in [0, 0.05) is 25.3 Å². The number of piperidine rings is 1. The van der Waals surface area contributed by atoms with E-state index in [1.807, 2.05) is 11.0 Å². The van der Waals surface area contributed by atoms with Crippen LogP contribution in [0.25, 0.3) is 0 Å². The zero-order chi connectivity index (χ0) is 15.1. The lowest BCUT2D eigenvalue weighted by molar-refractivity contribution is -0.127. The van der Waals surface area contributed by atoms with Crippen LogP contribution in [0.4, 0.5) is 4.39 Å². The van der Waals surface area contributed by atoms with Crippen LogP contribution < -0.4 is 0 Å². The predicted octanol–water partition coefficient (Wildman–Crippen LogP) is 3.16. The first kappa shape index (κ1) is 15.7. The fourth-order valence-corrected chi connectivity index (χ4v) is 2.62. The quantitative estimate of drug-likeness (QED) is 0.595. The fraction of sp³-hybridized carbons (Fsp3) is 0.471. The summed E-state index contributed by atoms with van der Waals surface area (Å²) >= 11 is 0. The van der Waals surface area contributed by atoms with Gasteiger partial charge in [-0.15, -0.1) is 0 Å². The molecule has 1 aliphatic heterocycles. The molecule has 114 valence electrons. The van der Waals surface area contributed by atoms with E-state index in [1.165, 1.54) is 12.1 Å². The summed E-state index contributed by atoms with van der Waals surface area (Å²) in [6.07, 6.45) is 4.34. The van der Waals surface area contributed by atoms with Crippen LogP contribution in [-0.4, -0.2) is 30.5 Å². The van der Waals surface area contributed by atoms with Gasteiger partial charge in [-0.25, -0.2) is 4.39 Å². The summed E-state index contributed by atoms with van der Waals surface area (Å²) in [4.78, 5) is 13.3. The number of nitrogens with zero attached hydrogens (tertiary/aromatic N) is 1. The first-order valence-electron chi connectivity index (χ1n) is 7.43. The number of carbonyl (C=O) groups is 1. The number of amides is 1. The summed E-state index contributed by atoms with van der Waals surface area (Å²) in [5, 5.41) is 0. The lowest BCUT2D eigenvalue weighted by atomic mass is 9.94. The number of hydrogen-bond acceptors (Lipinski definition) is 2. The number of carbonyl (C=O) groups excluding carboxylic acids is 1. The molecule has 1 aromatic rings. The molecule has 3 nitrogen and oxygen atoms in total. The van der Waals surface area contributed by atoms with Gasteiger partial charge in [0.1, 0.15) is 5.82 Å². The Morgan fingerprint density at radius 2 is 2.10 bits per heavy atom. The standard InChI is InChI=1S/C17H22FNO2/c1-2-17(20)19-10-7-14(8-11-19)9-12-21-13-15-5-3-4-6-16(15)18/h2-6,14H,1,7-13H2. The topological polar surface area (TPSA) is 29.5 Å². The molecule has 1 aromatic carbocycles. The minimum atomic E-state index is -0.214. The van der Waals surface area contributed by atoms with Crippen molar-refractivity contribution in [3.8, 4) is 0 Å². The largest absolute Gasteiger partial charge is 0.377 e. The molecule has 0 atom stereocenters. The van der Waals surface area contributed by atoms with Crippen LogP contribution in [0, 0.1) is 11.7 Å². The molecule has 21 heavy (non-hydrogen) atoms. The van der Waals surface area contributed by atoms with Gasteiger partial charge in [-0.3, -0.25) is 4.79 Å². The van der Waals surface area contributed by atoms with Crippen LogP contribution in [0.5, 0.6) is 0 Å². The van der Waals surface area contributed by atoms with Gasteiger partial charge >= 0.3 is 0 Å². The molecular formula is C17H22FNO2. The van der Waals surface area contributed by atoms with Gasteiger partial charge in [-0.1, -0.05) is 24.8 Å². The number of hydrogen-bond donors (Lipinski definition) is 0. The molecule has 0 aliphatic carbocycles. The Hall–Kier alpha value is -1.68. The molecular weight excluding hydrogens is 269 g/mol. The summed E-state index contributed by atoms with van der Waals surface area (Å²) in [7, 11) is 0. The maximum atomic E-state index is 13.4. The van der Waals surface area contributed by atoms with E-state index in [0.29, 0.717) is 24.7 Å². The second-order valence-corrected chi connectivity index (χ2v) is 5.41. The van der Waals surface area contributed by atoms with Crippen molar-refractivity contribution in [2.75, 3.05) is 19.7 Å². The maximum absolute atomic E-state index is 13.4. The third kappa shape index (κ3) is 4.67. The minimum absolute atomic E-state index is 0.0178. The molecule has 1 fully saturated rings. The molecule has 0 unspecified atom stereocenters. The van der Waals surface area contributed by atoms with Gasteiger partial charge in [0.15, 0.2) is 0 Å². The lowest BCUT2D eigenvalue weighted by Crippen LogP contribution is -2.37. The average Bonchev–Trinajstić information content (AvgIpc) is 2.53. The molecule has 2 rings (SSSR count). The normalized spacial score (nSPS) is 16.0. The van der Waals surface area contributed by atoms with Gasteiger partial charge in [0.25, 0.3) is 0 Å². The molecule has 0 aromatic heterocycles. The summed E-state index contributed by atoms with van der Waals surface area (Å²) in [6.45, 7) is 6.05.